The molecule has 1 aliphatic heterocycles. The predicted molar refractivity (Wildman–Crippen MR) is 106 cm³/mol. The van der Waals surface area contributed by atoms with Gasteiger partial charge in [0.1, 0.15) is 6.54 Å². The van der Waals surface area contributed by atoms with E-state index in [0.717, 1.165) is 34.7 Å². The first-order valence-corrected chi connectivity index (χ1v) is 10.6. The summed E-state index contributed by atoms with van der Waals surface area (Å²) >= 11 is 0. The van der Waals surface area contributed by atoms with Gasteiger partial charge in [0.25, 0.3) is 0 Å². The van der Waals surface area contributed by atoms with E-state index in [2.05, 4.69) is 0 Å². The molecule has 7 heteroatoms. The van der Waals surface area contributed by atoms with Crippen LogP contribution in [-0.2, 0) is 21.2 Å². The van der Waals surface area contributed by atoms with Crippen LogP contribution in [0.5, 0.6) is 0 Å². The molecule has 0 unspecified atom stereocenters. The molecule has 2 aromatic rings. The van der Waals surface area contributed by atoms with Gasteiger partial charge in [-0.15, -0.1) is 0 Å². The van der Waals surface area contributed by atoms with Gasteiger partial charge in [-0.05, 0) is 43.5 Å². The number of hydrogen-bond acceptors (Lipinski definition) is 4. The highest BCUT2D eigenvalue weighted by atomic mass is 32.2. The third kappa shape index (κ3) is 4.19. The molecule has 3 rings (SSSR count). The maximum atomic E-state index is 13.0. The number of sulfonamides is 1. The van der Waals surface area contributed by atoms with Gasteiger partial charge in [-0.2, -0.15) is 0 Å². The van der Waals surface area contributed by atoms with Gasteiger partial charge in [-0.3, -0.25) is 13.9 Å². The Hall–Kier alpha value is -2.67. The van der Waals surface area contributed by atoms with Crippen molar-refractivity contribution in [2.75, 3.05) is 28.6 Å². The minimum Gasteiger partial charge on any atom is -0.311 e. The summed E-state index contributed by atoms with van der Waals surface area (Å²) in [5, 5.41) is 0. The number of ketones is 1. The highest BCUT2D eigenvalue weighted by molar-refractivity contribution is 7.92. The molecule has 6 nitrogen and oxygen atoms in total. The Labute approximate surface area is 159 Å². The van der Waals surface area contributed by atoms with Crippen molar-refractivity contribution in [1.82, 2.24) is 0 Å². The van der Waals surface area contributed by atoms with Gasteiger partial charge in [-0.1, -0.05) is 30.3 Å². The first-order chi connectivity index (χ1) is 12.8. The molecule has 27 heavy (non-hydrogen) atoms. The molecule has 0 saturated carbocycles. The molecule has 0 saturated heterocycles. The molecule has 0 aliphatic carbocycles. The minimum atomic E-state index is -3.70. The molecule has 1 heterocycles. The number of fused-ring (bicyclic) bond motifs is 1. The van der Waals surface area contributed by atoms with Crippen molar-refractivity contribution < 1.29 is 18.0 Å². The molecular weight excluding hydrogens is 364 g/mol. The maximum Gasteiger partial charge on any atom is 0.247 e. The minimum absolute atomic E-state index is 0.165. The van der Waals surface area contributed by atoms with E-state index in [1.54, 1.807) is 23.1 Å². The second-order valence-electron chi connectivity index (χ2n) is 6.65. The zero-order chi connectivity index (χ0) is 19.6. The molecule has 0 radical (unpaired) electrons. The average molecular weight is 386 g/mol. The van der Waals surface area contributed by atoms with Gasteiger partial charge in [0.05, 0.1) is 11.9 Å². The lowest BCUT2D eigenvalue weighted by Crippen LogP contribution is -2.44. The molecule has 0 fully saturated rings. The molecule has 0 bridgehead atoms. The summed E-state index contributed by atoms with van der Waals surface area (Å²) in [7, 11) is -3.70. The van der Waals surface area contributed by atoms with E-state index in [1.165, 1.54) is 13.0 Å². The van der Waals surface area contributed by atoms with Crippen LogP contribution in [-0.4, -0.2) is 39.5 Å². The van der Waals surface area contributed by atoms with Crippen LogP contribution in [0.2, 0.25) is 0 Å². The fourth-order valence-corrected chi connectivity index (χ4v) is 4.12. The summed E-state index contributed by atoms with van der Waals surface area (Å²) in [4.78, 5) is 26.2. The number of amides is 1. The summed E-state index contributed by atoms with van der Waals surface area (Å²) in [6.07, 6.45) is 2.79. The lowest BCUT2D eigenvalue weighted by molar-refractivity contribution is -0.117. The van der Waals surface area contributed by atoms with Crippen LogP contribution >= 0.6 is 0 Å². The van der Waals surface area contributed by atoms with E-state index in [4.69, 9.17) is 0 Å². The summed E-state index contributed by atoms with van der Waals surface area (Å²) in [5.74, 6) is -0.456. The van der Waals surface area contributed by atoms with Crippen LogP contribution < -0.4 is 9.21 Å². The van der Waals surface area contributed by atoms with Gasteiger partial charge in [0.2, 0.25) is 15.9 Å². The number of aryl methyl sites for hydroxylation is 1. The van der Waals surface area contributed by atoms with Crippen LogP contribution in [0.25, 0.3) is 0 Å². The molecule has 1 aliphatic rings. The number of benzene rings is 2. The predicted octanol–water partition coefficient (Wildman–Crippen LogP) is 2.63. The second-order valence-corrected chi connectivity index (χ2v) is 8.56. The van der Waals surface area contributed by atoms with Crippen molar-refractivity contribution in [2.24, 2.45) is 0 Å². The zero-order valence-corrected chi connectivity index (χ0v) is 16.2. The smallest absolute Gasteiger partial charge is 0.247 e. The number of Topliss-reactive ketones (excluding diaryl/α,β-unsaturated/α-hetero) is 1. The van der Waals surface area contributed by atoms with Crippen molar-refractivity contribution in [3.63, 3.8) is 0 Å². The van der Waals surface area contributed by atoms with Gasteiger partial charge in [-0.25, -0.2) is 8.42 Å². The Morgan fingerprint density at radius 1 is 1.11 bits per heavy atom. The van der Waals surface area contributed by atoms with Crippen LogP contribution in [0, 0.1) is 0 Å². The number of anilines is 2. The van der Waals surface area contributed by atoms with E-state index in [9.17, 15) is 18.0 Å². The largest absolute Gasteiger partial charge is 0.311 e. The first-order valence-electron chi connectivity index (χ1n) is 8.74. The number of hydrogen-bond donors (Lipinski definition) is 0. The molecule has 0 spiro atoms. The zero-order valence-electron chi connectivity index (χ0n) is 15.4. The summed E-state index contributed by atoms with van der Waals surface area (Å²) in [6.45, 7) is 1.66. The molecule has 142 valence electrons. The third-order valence-corrected chi connectivity index (χ3v) is 5.77. The van der Waals surface area contributed by atoms with Gasteiger partial charge >= 0.3 is 0 Å². The molecular formula is C20H22N2O4S. The molecule has 0 aromatic heterocycles. The van der Waals surface area contributed by atoms with Crippen molar-refractivity contribution in [3.05, 3.63) is 59.7 Å². The highest BCUT2D eigenvalue weighted by Gasteiger charge is 2.27. The fourth-order valence-electron chi connectivity index (χ4n) is 3.28. The Morgan fingerprint density at radius 2 is 1.85 bits per heavy atom. The lowest BCUT2D eigenvalue weighted by atomic mass is 10.0. The fraction of sp³-hybridized carbons (Fsp3) is 0.300. The van der Waals surface area contributed by atoms with Gasteiger partial charge in [0.15, 0.2) is 5.78 Å². The molecule has 0 atom stereocenters. The topological polar surface area (TPSA) is 74.8 Å². The molecule has 0 N–H and O–H groups in total. The van der Waals surface area contributed by atoms with Crippen LogP contribution in [0.1, 0.15) is 29.3 Å². The first kappa shape index (κ1) is 19.1. The second kappa shape index (κ2) is 7.52. The van der Waals surface area contributed by atoms with Crippen LogP contribution in [0.4, 0.5) is 11.4 Å². The monoisotopic (exact) mass is 386 g/mol. The van der Waals surface area contributed by atoms with E-state index in [-0.39, 0.29) is 18.2 Å². The van der Waals surface area contributed by atoms with Crippen molar-refractivity contribution >= 4 is 33.1 Å². The van der Waals surface area contributed by atoms with Crippen LogP contribution in [0.3, 0.4) is 0 Å². The molecule has 2 aromatic carbocycles. The standard InChI is InChI=1S/C20H22N2O4S/c1-15(23)17-8-5-10-18(13-17)22(27(2,25)26)14-20(24)21-12-6-9-16-7-3-4-11-19(16)21/h3-5,7-8,10-11,13H,6,9,12,14H2,1-2H3. The van der Waals surface area contributed by atoms with Crippen molar-refractivity contribution in [1.29, 1.82) is 0 Å². The lowest BCUT2D eigenvalue weighted by Gasteiger charge is -2.31. The number of para-hydroxylation sites is 1. The normalized spacial score (nSPS) is 13.8. The Bertz CT molecular complexity index is 985. The highest BCUT2D eigenvalue weighted by Crippen LogP contribution is 2.27. The number of nitrogens with zero attached hydrogens (tertiary/aromatic N) is 2. The number of rotatable bonds is 5. The van der Waals surface area contributed by atoms with E-state index < -0.39 is 10.0 Å². The Morgan fingerprint density at radius 3 is 2.56 bits per heavy atom. The number of carbonyl (C=O) groups excluding carboxylic acids is 2. The Kier molecular flexibility index (Phi) is 5.32. The van der Waals surface area contributed by atoms with Gasteiger partial charge < -0.3 is 4.90 Å². The van der Waals surface area contributed by atoms with Gasteiger partial charge in [0, 0.05) is 17.8 Å². The van der Waals surface area contributed by atoms with Crippen LogP contribution in [0.15, 0.2) is 48.5 Å². The quantitative estimate of drug-likeness (QED) is 0.741. The Balaban J connectivity index is 1.92. The maximum absolute atomic E-state index is 13.0. The van der Waals surface area contributed by atoms with E-state index in [0.29, 0.717) is 17.8 Å². The van der Waals surface area contributed by atoms with E-state index in [1.807, 2.05) is 24.3 Å². The average Bonchev–Trinajstić information content (AvgIpc) is 2.64. The van der Waals surface area contributed by atoms with E-state index >= 15 is 0 Å². The summed E-state index contributed by atoms with van der Waals surface area (Å²) < 4.78 is 25.7. The summed E-state index contributed by atoms with van der Waals surface area (Å²) in [6, 6.07) is 14.0. The third-order valence-electron chi connectivity index (χ3n) is 4.63. The van der Waals surface area contributed by atoms with Crippen molar-refractivity contribution in [2.45, 2.75) is 19.8 Å². The molecule has 1 amide bonds. The SMILES string of the molecule is CC(=O)c1cccc(N(CC(=O)N2CCCc3ccccc32)S(C)(=O)=O)c1. The van der Waals surface area contributed by atoms with Crippen molar-refractivity contribution in [3.8, 4) is 0 Å². The summed E-state index contributed by atoms with van der Waals surface area (Å²) in [5.41, 5.74) is 2.63. The number of carbonyl (C=O) groups is 2.